The van der Waals surface area contributed by atoms with Crippen LogP contribution in [0.4, 0.5) is 13.2 Å². The van der Waals surface area contributed by atoms with Gasteiger partial charge in [0.1, 0.15) is 23.2 Å². The second kappa shape index (κ2) is 15.4. The first-order valence-corrected chi connectivity index (χ1v) is 19.5. The summed E-state index contributed by atoms with van der Waals surface area (Å²) in [7, 11) is 1.00. The Labute approximate surface area is 312 Å². The van der Waals surface area contributed by atoms with Crippen molar-refractivity contribution in [3.8, 4) is 11.4 Å². The van der Waals surface area contributed by atoms with Crippen LogP contribution in [0.1, 0.15) is 50.4 Å². The molecular weight excluding hydrogens is 737 g/mol. The summed E-state index contributed by atoms with van der Waals surface area (Å²) in [5, 5.41) is 12.7. The van der Waals surface area contributed by atoms with Gasteiger partial charge in [0.25, 0.3) is 0 Å². The van der Waals surface area contributed by atoms with E-state index in [4.69, 9.17) is 16.3 Å². The van der Waals surface area contributed by atoms with E-state index in [0.29, 0.717) is 40.2 Å². The van der Waals surface area contributed by atoms with Crippen LogP contribution in [0.2, 0.25) is 5.02 Å². The van der Waals surface area contributed by atoms with Gasteiger partial charge in [0.05, 0.1) is 68.1 Å². The van der Waals surface area contributed by atoms with Crippen molar-refractivity contribution in [1.29, 1.82) is 0 Å². The number of halogens is 4. The third-order valence-electron chi connectivity index (χ3n) is 9.89. The van der Waals surface area contributed by atoms with Crippen LogP contribution >= 0.6 is 23.4 Å². The molecule has 0 saturated carbocycles. The lowest BCUT2D eigenvalue weighted by atomic mass is 9.81. The molecule has 0 amide bonds. The van der Waals surface area contributed by atoms with Crippen molar-refractivity contribution in [2.75, 3.05) is 40.8 Å². The summed E-state index contributed by atoms with van der Waals surface area (Å²) in [6, 6.07) is 11.0. The van der Waals surface area contributed by atoms with E-state index in [1.165, 1.54) is 26.2 Å². The number of thioether (sulfide) groups is 1. The zero-order valence-electron chi connectivity index (χ0n) is 29.8. The first kappa shape index (κ1) is 39.6. The van der Waals surface area contributed by atoms with Crippen LogP contribution in [0, 0.1) is 23.4 Å². The highest BCUT2D eigenvalue weighted by molar-refractivity contribution is 7.98. The molecule has 1 aliphatic rings. The number of imidazole rings is 1. The van der Waals surface area contributed by atoms with Crippen molar-refractivity contribution in [1.82, 2.24) is 13.9 Å². The fourth-order valence-corrected chi connectivity index (χ4v) is 9.28. The van der Waals surface area contributed by atoms with Crippen molar-refractivity contribution in [3.63, 3.8) is 0 Å². The Bertz CT molecular complexity index is 2030. The number of carboxylic acids is 1. The number of sulfonamides is 1. The zero-order valence-corrected chi connectivity index (χ0v) is 32.2. The van der Waals surface area contributed by atoms with E-state index in [0.717, 1.165) is 51.3 Å². The highest BCUT2D eigenvalue weighted by atomic mass is 35.5. The molecule has 52 heavy (non-hydrogen) atoms. The molecule has 0 unspecified atom stereocenters. The highest BCUT2D eigenvalue weighted by Crippen LogP contribution is 2.40. The van der Waals surface area contributed by atoms with Crippen molar-refractivity contribution in [3.05, 3.63) is 100 Å². The number of quaternary nitrogens is 1. The minimum absolute atomic E-state index is 0.119. The maximum Gasteiger partial charge on any atom is 0.243 e. The number of carbonyl (C=O) groups excluding carboxylic acids is 1. The molecule has 1 aromatic heterocycles. The Hall–Kier alpha value is -3.56. The predicted octanol–water partition coefficient (Wildman–Crippen LogP) is 6.19. The largest absolute Gasteiger partial charge is 0.548 e. The van der Waals surface area contributed by atoms with Gasteiger partial charge >= 0.3 is 0 Å². The summed E-state index contributed by atoms with van der Waals surface area (Å²) in [5.74, 6) is -4.22. The summed E-state index contributed by atoms with van der Waals surface area (Å²) in [5.41, 5.74) is 0.946. The van der Waals surface area contributed by atoms with Gasteiger partial charge in [0.15, 0.2) is 5.16 Å². The minimum Gasteiger partial charge on any atom is -0.548 e. The molecule has 3 aromatic carbocycles. The van der Waals surface area contributed by atoms with E-state index >= 15 is 8.78 Å². The fourth-order valence-electron chi connectivity index (χ4n) is 6.39. The van der Waals surface area contributed by atoms with Gasteiger partial charge in [-0.15, -0.1) is 0 Å². The second-order valence-electron chi connectivity index (χ2n) is 14.3. The molecule has 1 saturated heterocycles. The fraction of sp³-hybridized carbons (Fsp3) is 0.405. The van der Waals surface area contributed by atoms with Gasteiger partial charge in [-0.05, 0) is 66.9 Å². The molecular formula is C37H42ClF3N4O5S2. The maximum absolute atomic E-state index is 15.7. The number of likely N-dealkylation sites (tertiary alicyclic amines) is 1. The van der Waals surface area contributed by atoms with E-state index in [2.05, 4.69) is 19.1 Å². The van der Waals surface area contributed by atoms with Crippen LogP contribution in [-0.4, -0.2) is 79.6 Å². The third kappa shape index (κ3) is 8.31. The molecule has 280 valence electrons. The maximum atomic E-state index is 15.7. The van der Waals surface area contributed by atoms with E-state index in [9.17, 15) is 22.7 Å². The molecule has 5 rings (SSSR count). The SMILES string of the molecule is COc1cc(C(C)(C)c2cnc(SCc3c(F)cc(S(=O)(=O)N(CC4CC[N+](C)(C)CC4)[C@H](C)C(=O)[O-])cc3F)n2-c2ccc(F)cc2)ccc1Cl. The van der Waals surface area contributed by atoms with Crippen molar-refractivity contribution < 1.29 is 40.7 Å². The van der Waals surface area contributed by atoms with Crippen LogP contribution in [0.25, 0.3) is 5.69 Å². The van der Waals surface area contributed by atoms with Crippen molar-refractivity contribution >= 4 is 39.4 Å². The van der Waals surface area contributed by atoms with Crippen LogP contribution in [0.5, 0.6) is 5.75 Å². The van der Waals surface area contributed by atoms with Crippen LogP contribution in [0.15, 0.2) is 70.8 Å². The lowest BCUT2D eigenvalue weighted by Crippen LogP contribution is -2.53. The van der Waals surface area contributed by atoms with Crippen molar-refractivity contribution in [2.45, 2.75) is 60.9 Å². The van der Waals surface area contributed by atoms with Crippen LogP contribution in [-0.2, 0) is 26.0 Å². The summed E-state index contributed by atoms with van der Waals surface area (Å²) < 4.78 is 81.8. The molecule has 0 aliphatic carbocycles. The Morgan fingerprint density at radius 3 is 2.29 bits per heavy atom. The lowest BCUT2D eigenvalue weighted by Gasteiger charge is -2.39. The molecule has 9 nitrogen and oxygen atoms in total. The van der Waals surface area contributed by atoms with Gasteiger partial charge in [-0.25, -0.2) is 26.6 Å². The standard InChI is InChI=1S/C37H42ClF3N4O5S2/c1-23(35(46)47)43(21-24-13-15-45(4,5)16-14-24)52(48,49)28-18-31(40)29(32(41)19-28)22-51-36-42-20-34(44(36)27-10-8-26(39)9-11-27)37(2,3)25-7-12-30(38)33(17-25)50-6/h7-12,17-20,23-24H,13-16,21-22H2,1-6H3/t23-/m1/s1. The van der Waals surface area contributed by atoms with Crippen molar-refractivity contribution in [2.24, 2.45) is 5.92 Å². The second-order valence-corrected chi connectivity index (χ2v) is 17.5. The number of aliphatic carboxylic acids is 1. The number of carboxylic acid groups (broad SMARTS) is 1. The Morgan fingerprint density at radius 1 is 1.10 bits per heavy atom. The first-order chi connectivity index (χ1) is 24.4. The molecule has 0 N–H and O–H groups in total. The zero-order chi connectivity index (χ0) is 38.2. The number of piperidine rings is 1. The number of aromatic nitrogens is 2. The van der Waals surface area contributed by atoms with E-state index < -0.39 is 55.4 Å². The van der Waals surface area contributed by atoms with E-state index in [1.54, 1.807) is 29.0 Å². The third-order valence-corrected chi connectivity index (χ3v) is 13.1. The number of rotatable bonds is 13. The summed E-state index contributed by atoms with van der Waals surface area (Å²) in [6.07, 6.45) is 2.96. The summed E-state index contributed by atoms with van der Waals surface area (Å²) in [6.45, 7) is 6.54. The molecule has 1 fully saturated rings. The lowest BCUT2D eigenvalue weighted by molar-refractivity contribution is -0.896. The molecule has 0 spiro atoms. The normalized spacial score (nSPS) is 15.9. The number of nitrogens with zero attached hydrogens (tertiary/aromatic N) is 4. The Kier molecular flexibility index (Phi) is 11.8. The van der Waals surface area contributed by atoms with Gasteiger partial charge in [-0.1, -0.05) is 43.3 Å². The van der Waals surface area contributed by atoms with Gasteiger partial charge in [0, 0.05) is 41.8 Å². The number of carbonyl (C=O) groups is 1. The molecule has 15 heteroatoms. The number of methoxy groups -OCH3 is 1. The van der Waals surface area contributed by atoms with Gasteiger partial charge in [0.2, 0.25) is 10.0 Å². The number of hydrogen-bond acceptors (Lipinski definition) is 7. The summed E-state index contributed by atoms with van der Waals surface area (Å²) >= 11 is 7.29. The number of hydrogen-bond donors (Lipinski definition) is 0. The van der Waals surface area contributed by atoms with Gasteiger partial charge in [-0.2, -0.15) is 4.31 Å². The topological polar surface area (TPSA) is 105 Å². The Balaban J connectivity index is 1.46. The quantitative estimate of drug-likeness (QED) is 0.118. The van der Waals surface area contributed by atoms with Crippen LogP contribution in [0.3, 0.4) is 0 Å². The average Bonchev–Trinajstić information content (AvgIpc) is 3.52. The van der Waals surface area contributed by atoms with E-state index in [1.807, 2.05) is 26.0 Å². The molecule has 2 heterocycles. The minimum atomic E-state index is -4.64. The van der Waals surface area contributed by atoms with Crippen LogP contribution < -0.4 is 9.84 Å². The molecule has 0 bridgehead atoms. The molecule has 1 aliphatic heterocycles. The number of ether oxygens (including phenoxy) is 1. The van der Waals surface area contributed by atoms with Gasteiger partial charge < -0.3 is 19.1 Å². The smallest absolute Gasteiger partial charge is 0.243 e. The first-order valence-electron chi connectivity index (χ1n) is 16.7. The summed E-state index contributed by atoms with van der Waals surface area (Å²) in [4.78, 5) is 15.8. The average molecular weight is 779 g/mol. The monoisotopic (exact) mass is 778 g/mol. The molecule has 4 aromatic rings. The van der Waals surface area contributed by atoms with E-state index in [-0.39, 0.29) is 18.2 Å². The highest BCUT2D eigenvalue weighted by Gasteiger charge is 2.36. The van der Waals surface area contributed by atoms with Gasteiger partial charge in [-0.3, -0.25) is 4.57 Å². The molecule has 1 atom stereocenters. The molecule has 0 radical (unpaired) electrons. The predicted molar refractivity (Wildman–Crippen MR) is 193 cm³/mol. The Morgan fingerprint density at radius 2 is 1.71 bits per heavy atom. The number of benzene rings is 3.